The van der Waals surface area contributed by atoms with Crippen LogP contribution in [0, 0.1) is 17.1 Å². The highest BCUT2D eigenvalue weighted by Crippen LogP contribution is 2.29. The third kappa shape index (κ3) is 6.55. The number of nitrogens with zero attached hydrogens (tertiary/aromatic N) is 9. The molecule has 224 valence electrons. The van der Waals surface area contributed by atoms with Gasteiger partial charge in [-0.1, -0.05) is 13.0 Å². The van der Waals surface area contributed by atoms with Crippen LogP contribution in [0.3, 0.4) is 0 Å². The van der Waals surface area contributed by atoms with Crippen molar-refractivity contribution in [2.24, 2.45) is 0 Å². The van der Waals surface area contributed by atoms with E-state index in [1.807, 2.05) is 12.4 Å². The first-order chi connectivity index (χ1) is 20.6. The Balaban J connectivity index is 1.32. The van der Waals surface area contributed by atoms with Gasteiger partial charge in [-0.2, -0.15) is 10.4 Å². The van der Waals surface area contributed by atoms with E-state index in [0.717, 1.165) is 27.5 Å². The summed E-state index contributed by atoms with van der Waals surface area (Å²) < 4.78 is 42.1. The molecule has 5 rings (SSSR count). The molecule has 0 radical (unpaired) electrons. The van der Waals surface area contributed by atoms with E-state index >= 15 is 4.39 Å². The molecular formula is C28H31FN10O3S. The third-order valence-electron chi connectivity index (χ3n) is 7.23. The summed E-state index contributed by atoms with van der Waals surface area (Å²) in [7, 11) is -3.42. The van der Waals surface area contributed by atoms with Crippen molar-refractivity contribution < 1.29 is 12.8 Å². The molecule has 1 atom stereocenters. The number of benzene rings is 1. The van der Waals surface area contributed by atoms with Gasteiger partial charge < -0.3 is 9.80 Å². The Bertz CT molecular complexity index is 1830. The van der Waals surface area contributed by atoms with Crippen LogP contribution in [-0.4, -0.2) is 76.2 Å². The number of anilines is 2. The van der Waals surface area contributed by atoms with Crippen LogP contribution < -0.4 is 20.2 Å². The summed E-state index contributed by atoms with van der Waals surface area (Å²) in [6.07, 6.45) is 8.36. The number of sulfonamides is 1. The second kappa shape index (κ2) is 12.3. The number of aryl methyl sites for hydroxylation is 1. The normalized spacial score (nSPS) is 15.5. The molecule has 0 spiro atoms. The number of nitriles is 1. The lowest BCUT2D eigenvalue weighted by Gasteiger charge is -2.40. The van der Waals surface area contributed by atoms with E-state index in [0.29, 0.717) is 48.1 Å². The highest BCUT2D eigenvalue weighted by Gasteiger charge is 2.28. The Hall–Kier alpha value is -4.68. The molecule has 1 unspecified atom stereocenters. The van der Waals surface area contributed by atoms with Crippen molar-refractivity contribution in [1.82, 2.24) is 34.0 Å². The first-order valence-corrected chi connectivity index (χ1v) is 15.6. The molecule has 1 aliphatic heterocycles. The number of piperazine rings is 1. The number of rotatable bonds is 9. The molecule has 1 aliphatic rings. The van der Waals surface area contributed by atoms with Crippen LogP contribution in [-0.2, 0) is 23.0 Å². The first kappa shape index (κ1) is 29.8. The molecule has 13 nitrogen and oxygen atoms in total. The van der Waals surface area contributed by atoms with Gasteiger partial charge in [0.25, 0.3) is 0 Å². The lowest BCUT2D eigenvalue weighted by atomic mass is 10.0. The SMILES string of the molecule is CCc1cnc(N2CCN(c3ncc(-c4ccc(-n5cnn(CCNS(C)(=O)=O)c5=O)c(F)c4)cc3C#N)C(C)C2)nc1. The topological polar surface area (TPSA) is 155 Å². The zero-order valence-electron chi connectivity index (χ0n) is 24.0. The average Bonchev–Trinajstić information content (AvgIpc) is 3.35. The number of nitrogens with one attached hydrogen (secondary N) is 1. The number of hydrogen-bond donors (Lipinski definition) is 1. The van der Waals surface area contributed by atoms with Crippen LogP contribution in [0.15, 0.2) is 54.0 Å². The standard InChI is InChI=1S/C28H31FN10O3S/c1-4-20-14-32-27(33-15-20)36-9-10-37(19(2)17-36)26-22(13-30)11-23(16-31-26)21-5-6-25(24(29)12-21)38-18-34-39(28(38)40)8-7-35-43(3,41)42/h5-6,11-12,14-16,18-19,35H,4,7-10,17H2,1-3H3. The second-order valence-electron chi connectivity index (χ2n) is 10.3. The van der Waals surface area contributed by atoms with Gasteiger partial charge in [-0.3, -0.25) is 0 Å². The summed E-state index contributed by atoms with van der Waals surface area (Å²) >= 11 is 0. The maximum atomic E-state index is 15.2. The van der Waals surface area contributed by atoms with E-state index < -0.39 is 21.5 Å². The van der Waals surface area contributed by atoms with Gasteiger partial charge in [-0.25, -0.2) is 46.5 Å². The predicted octanol–water partition coefficient (Wildman–Crippen LogP) is 1.72. The zero-order chi connectivity index (χ0) is 30.7. The minimum Gasteiger partial charge on any atom is -0.349 e. The fourth-order valence-electron chi connectivity index (χ4n) is 4.95. The van der Waals surface area contributed by atoms with Crippen LogP contribution in [0.5, 0.6) is 0 Å². The molecule has 1 N–H and O–H groups in total. The minimum atomic E-state index is -3.42. The minimum absolute atomic E-state index is 0.0128. The Kier molecular flexibility index (Phi) is 8.51. The fourth-order valence-corrected chi connectivity index (χ4v) is 5.41. The van der Waals surface area contributed by atoms with Crippen molar-refractivity contribution in [2.45, 2.75) is 32.9 Å². The lowest BCUT2D eigenvalue weighted by molar-refractivity contribution is 0.538. The van der Waals surface area contributed by atoms with E-state index in [2.05, 4.69) is 54.5 Å². The maximum Gasteiger partial charge on any atom is 0.350 e. The zero-order valence-corrected chi connectivity index (χ0v) is 24.8. The largest absolute Gasteiger partial charge is 0.350 e. The smallest absolute Gasteiger partial charge is 0.349 e. The van der Waals surface area contributed by atoms with Crippen LogP contribution in [0.1, 0.15) is 25.0 Å². The summed E-state index contributed by atoms with van der Waals surface area (Å²) in [5.74, 6) is 0.563. The first-order valence-electron chi connectivity index (χ1n) is 13.7. The van der Waals surface area contributed by atoms with Crippen molar-refractivity contribution in [3.05, 3.63) is 76.6 Å². The Labute approximate surface area is 248 Å². The quantitative estimate of drug-likeness (QED) is 0.298. The Morgan fingerprint density at radius 1 is 1.12 bits per heavy atom. The molecule has 15 heteroatoms. The molecule has 0 aliphatic carbocycles. The summed E-state index contributed by atoms with van der Waals surface area (Å²) in [5, 5.41) is 13.9. The third-order valence-corrected chi connectivity index (χ3v) is 7.96. The van der Waals surface area contributed by atoms with Gasteiger partial charge in [0.2, 0.25) is 16.0 Å². The van der Waals surface area contributed by atoms with Gasteiger partial charge in [0.15, 0.2) is 0 Å². The second-order valence-corrected chi connectivity index (χ2v) is 12.1. The summed E-state index contributed by atoms with van der Waals surface area (Å²) in [4.78, 5) is 30.5. The van der Waals surface area contributed by atoms with Gasteiger partial charge in [-0.15, -0.1) is 0 Å². The molecule has 4 heterocycles. The molecule has 0 bridgehead atoms. The van der Waals surface area contributed by atoms with E-state index in [-0.39, 0.29) is 24.8 Å². The number of aromatic nitrogens is 6. The maximum absolute atomic E-state index is 15.2. The Morgan fingerprint density at radius 2 is 1.88 bits per heavy atom. The van der Waals surface area contributed by atoms with Crippen molar-refractivity contribution in [1.29, 1.82) is 5.26 Å². The molecule has 1 aromatic carbocycles. The van der Waals surface area contributed by atoms with Gasteiger partial charge >= 0.3 is 5.69 Å². The van der Waals surface area contributed by atoms with Gasteiger partial charge in [0.05, 0.1) is 24.1 Å². The highest BCUT2D eigenvalue weighted by atomic mass is 32.2. The number of halogens is 1. The number of hydrogen-bond acceptors (Lipinski definition) is 10. The van der Waals surface area contributed by atoms with Crippen LogP contribution >= 0.6 is 0 Å². The monoisotopic (exact) mass is 606 g/mol. The summed E-state index contributed by atoms with van der Waals surface area (Å²) in [6.45, 7) is 6.03. The molecule has 4 aromatic rings. The molecule has 43 heavy (non-hydrogen) atoms. The van der Waals surface area contributed by atoms with Gasteiger partial charge in [-0.05, 0) is 42.7 Å². The molecule has 1 saturated heterocycles. The average molecular weight is 607 g/mol. The van der Waals surface area contributed by atoms with E-state index in [1.54, 1.807) is 18.3 Å². The fraction of sp³-hybridized carbons (Fsp3) is 0.357. The number of pyridine rings is 1. The summed E-state index contributed by atoms with van der Waals surface area (Å²) in [5.41, 5.74) is 1.86. The summed E-state index contributed by atoms with van der Waals surface area (Å²) in [6, 6.07) is 8.30. The van der Waals surface area contributed by atoms with Crippen molar-refractivity contribution in [2.75, 3.05) is 42.2 Å². The molecule has 0 saturated carbocycles. The van der Waals surface area contributed by atoms with Gasteiger partial charge in [0.1, 0.15) is 24.0 Å². The van der Waals surface area contributed by atoms with Crippen LogP contribution in [0.4, 0.5) is 16.2 Å². The van der Waals surface area contributed by atoms with Crippen LogP contribution in [0.2, 0.25) is 0 Å². The molecule has 3 aromatic heterocycles. The molecule has 0 amide bonds. The molecule has 1 fully saturated rings. The van der Waals surface area contributed by atoms with E-state index in [4.69, 9.17) is 0 Å². The predicted molar refractivity (Wildman–Crippen MR) is 159 cm³/mol. The van der Waals surface area contributed by atoms with E-state index in [1.165, 1.54) is 18.5 Å². The highest BCUT2D eigenvalue weighted by molar-refractivity contribution is 7.88. The lowest BCUT2D eigenvalue weighted by Crippen LogP contribution is -2.53. The van der Waals surface area contributed by atoms with Crippen molar-refractivity contribution in [3.63, 3.8) is 0 Å². The van der Waals surface area contributed by atoms with Crippen LogP contribution in [0.25, 0.3) is 16.8 Å². The Morgan fingerprint density at radius 3 is 2.53 bits per heavy atom. The van der Waals surface area contributed by atoms with Crippen molar-refractivity contribution in [3.8, 4) is 22.9 Å². The van der Waals surface area contributed by atoms with E-state index in [9.17, 15) is 18.5 Å². The van der Waals surface area contributed by atoms with Crippen molar-refractivity contribution >= 4 is 21.8 Å². The molecular weight excluding hydrogens is 575 g/mol. The van der Waals surface area contributed by atoms with Gasteiger partial charge in [0, 0.05) is 56.4 Å².